The molecular weight excluding hydrogens is 1060 g/mol. The number of anilines is 1. The molecule has 0 aromatic heterocycles. The highest BCUT2D eigenvalue weighted by molar-refractivity contribution is 6.00. The van der Waals surface area contributed by atoms with Crippen LogP contribution in [0, 0.1) is 5.41 Å². The maximum atomic E-state index is 12.3. The minimum atomic E-state index is -1.49. The standard InChI is InChI=1S/C52H85N13O16/c53-50(56-38-15-13-37(14-16-38)31-39-32-63(35-46(73)74)24-23-61(33-44(69)70)21-22-62(34-45(71)72)27-30-65(39)36-47(75)76)59-51(54)64-28-25-60(26-29-64)20-10-6-4-2-1-3-5-7-12-42(66)55-19-9-8-11-40(48(77)78)57-52(81)58-41(49(79)80)17-18-43(67)68/h13-16,39-41H,1-12,17-36H2,(H,55,66)(H,67,68)(H,69,70)(H,71,72)(H,73,74)(H,75,76)(H,77,78)(H,79,80)(H2,57,58,81)(H4,53,54,56,59)/t39?,40-,41-/m0/s1. The molecule has 3 amide bonds. The second-order valence-electron chi connectivity index (χ2n) is 20.4. The van der Waals surface area contributed by atoms with Crippen LogP contribution in [0.4, 0.5) is 10.5 Å². The number of carbonyl (C=O) groups is 9. The predicted octanol–water partition coefficient (Wildman–Crippen LogP) is 0.304. The van der Waals surface area contributed by atoms with E-state index in [4.69, 9.17) is 16.2 Å². The first kappa shape index (κ1) is 68.1. The van der Waals surface area contributed by atoms with Crippen LogP contribution in [0.1, 0.15) is 95.5 Å². The van der Waals surface area contributed by atoms with E-state index in [0.29, 0.717) is 51.0 Å². The Morgan fingerprint density at radius 1 is 0.556 bits per heavy atom. The second-order valence-corrected chi connectivity index (χ2v) is 20.4. The van der Waals surface area contributed by atoms with Gasteiger partial charge < -0.3 is 67.6 Å². The molecule has 1 aromatic carbocycles. The van der Waals surface area contributed by atoms with Crippen LogP contribution >= 0.6 is 0 Å². The first-order valence-electron chi connectivity index (χ1n) is 27.6. The molecule has 29 nitrogen and oxygen atoms in total. The van der Waals surface area contributed by atoms with Crippen LogP contribution < -0.4 is 27.0 Å². The number of guanidine groups is 2. The Kier molecular flexibility index (Phi) is 31.7. The number of rotatable bonds is 34. The number of urea groups is 1. The second kappa shape index (κ2) is 37.7. The number of hydrogen-bond acceptors (Lipinski definition) is 15. The molecule has 2 aliphatic rings. The quantitative estimate of drug-likeness (QED) is 0.0251. The zero-order valence-electron chi connectivity index (χ0n) is 46.2. The van der Waals surface area contributed by atoms with Gasteiger partial charge in [-0.25, -0.2) is 14.4 Å². The highest BCUT2D eigenvalue weighted by Gasteiger charge is 2.29. The molecule has 2 heterocycles. The third-order valence-electron chi connectivity index (χ3n) is 13.9. The molecule has 2 aliphatic heterocycles. The van der Waals surface area contributed by atoms with Crippen molar-refractivity contribution in [3.8, 4) is 0 Å². The van der Waals surface area contributed by atoms with Crippen LogP contribution in [0.2, 0.25) is 0 Å². The van der Waals surface area contributed by atoms with Crippen molar-refractivity contribution in [3.63, 3.8) is 0 Å². The van der Waals surface area contributed by atoms with E-state index in [-0.39, 0.29) is 103 Å². The Morgan fingerprint density at radius 2 is 1.05 bits per heavy atom. The van der Waals surface area contributed by atoms with E-state index in [9.17, 15) is 73.8 Å². The average molecular weight is 1150 g/mol. The molecule has 454 valence electrons. The number of nitrogens with one attached hydrogen (secondary N) is 5. The molecule has 3 atom stereocenters. The fraction of sp³-hybridized carbons (Fsp3) is 0.673. The fourth-order valence-corrected chi connectivity index (χ4v) is 9.51. The first-order chi connectivity index (χ1) is 38.6. The first-order valence-corrected chi connectivity index (χ1v) is 27.6. The summed E-state index contributed by atoms with van der Waals surface area (Å²) in [4.78, 5) is 121. The molecular formula is C52H85N13O16. The Morgan fingerprint density at radius 3 is 1.59 bits per heavy atom. The highest BCUT2D eigenvalue weighted by Crippen LogP contribution is 2.17. The van der Waals surface area contributed by atoms with Crippen molar-refractivity contribution in [2.75, 3.05) is 117 Å². The number of nitrogens with zero attached hydrogens (tertiary/aromatic N) is 7. The molecule has 0 spiro atoms. The Labute approximate surface area is 471 Å². The summed E-state index contributed by atoms with van der Waals surface area (Å²) in [7, 11) is 0. The van der Waals surface area contributed by atoms with Gasteiger partial charge >= 0.3 is 47.8 Å². The lowest BCUT2D eigenvalue weighted by Gasteiger charge is -2.37. The number of aliphatic carboxylic acids is 7. The summed E-state index contributed by atoms with van der Waals surface area (Å²) in [5.41, 5.74) is 7.63. The maximum absolute atomic E-state index is 12.3. The lowest BCUT2D eigenvalue weighted by atomic mass is 10.0. The van der Waals surface area contributed by atoms with E-state index in [1.165, 1.54) is 0 Å². The SMILES string of the molecule is N=C(/N=C(\N)Nc1ccc(CC2CN(CC(=O)O)CCN(CC(=O)O)CCN(CC(=O)O)CCN2CC(=O)O)cc1)N1CCN(CCCCCCCCCCC(=O)NCCCC[C@H](NC(=O)N[C@@H](CCC(=O)O)C(=O)O)C(=O)O)CC1. The Bertz CT molecular complexity index is 2230. The van der Waals surface area contributed by atoms with Crippen LogP contribution in [0.15, 0.2) is 29.3 Å². The third kappa shape index (κ3) is 30.3. The minimum absolute atomic E-state index is 0.0203. The van der Waals surface area contributed by atoms with Gasteiger partial charge in [0.05, 0.1) is 26.2 Å². The van der Waals surface area contributed by atoms with Gasteiger partial charge in [-0.1, -0.05) is 50.7 Å². The zero-order chi connectivity index (χ0) is 59.7. The van der Waals surface area contributed by atoms with Crippen molar-refractivity contribution < 1.29 is 78.9 Å². The molecule has 1 unspecified atom stereocenters. The number of carbonyl (C=O) groups excluding carboxylic acids is 2. The van der Waals surface area contributed by atoms with Crippen LogP contribution in [0.25, 0.3) is 0 Å². The number of piperazine rings is 1. The number of carboxylic acid groups (broad SMARTS) is 7. The lowest BCUT2D eigenvalue weighted by Crippen LogP contribution is -2.53. The summed E-state index contributed by atoms with van der Waals surface area (Å²) < 4.78 is 0. The predicted molar refractivity (Wildman–Crippen MR) is 296 cm³/mol. The highest BCUT2D eigenvalue weighted by atomic mass is 16.4. The fourth-order valence-electron chi connectivity index (χ4n) is 9.51. The van der Waals surface area contributed by atoms with Crippen LogP contribution in [-0.4, -0.2) is 260 Å². The summed E-state index contributed by atoms with van der Waals surface area (Å²) in [5, 5.41) is 85.0. The molecule has 81 heavy (non-hydrogen) atoms. The number of amides is 3. The van der Waals surface area contributed by atoms with E-state index in [0.717, 1.165) is 76.6 Å². The number of aliphatic imine (C=N–C) groups is 1. The van der Waals surface area contributed by atoms with Crippen LogP contribution in [0.3, 0.4) is 0 Å². The molecule has 14 N–H and O–H groups in total. The van der Waals surface area contributed by atoms with E-state index >= 15 is 0 Å². The molecule has 0 radical (unpaired) electrons. The third-order valence-corrected chi connectivity index (χ3v) is 13.9. The number of hydrogen-bond donors (Lipinski definition) is 13. The molecule has 0 bridgehead atoms. The number of carboxylic acids is 7. The summed E-state index contributed by atoms with van der Waals surface area (Å²) in [6.07, 6.45) is 8.89. The van der Waals surface area contributed by atoms with E-state index in [1.807, 2.05) is 17.0 Å². The van der Waals surface area contributed by atoms with E-state index in [1.54, 1.807) is 31.7 Å². The van der Waals surface area contributed by atoms with E-state index in [2.05, 4.69) is 31.2 Å². The lowest BCUT2D eigenvalue weighted by molar-refractivity contribution is -0.142. The molecule has 2 saturated heterocycles. The molecule has 0 aliphatic carbocycles. The van der Waals surface area contributed by atoms with Gasteiger partial charge in [-0.05, 0) is 69.2 Å². The summed E-state index contributed by atoms with van der Waals surface area (Å²) in [5.74, 6) is -8.38. The zero-order valence-corrected chi connectivity index (χ0v) is 46.2. The maximum Gasteiger partial charge on any atom is 0.326 e. The van der Waals surface area contributed by atoms with Crippen molar-refractivity contribution in [1.82, 2.24) is 45.3 Å². The largest absolute Gasteiger partial charge is 0.481 e. The smallest absolute Gasteiger partial charge is 0.326 e. The Balaban J connectivity index is 1.33. The van der Waals surface area contributed by atoms with Crippen LogP contribution in [0.5, 0.6) is 0 Å². The number of benzene rings is 1. The van der Waals surface area contributed by atoms with E-state index < -0.39 is 72.4 Å². The Hall–Kier alpha value is -7.21. The van der Waals surface area contributed by atoms with Crippen molar-refractivity contribution in [1.29, 1.82) is 5.41 Å². The van der Waals surface area contributed by atoms with Gasteiger partial charge in [0.2, 0.25) is 17.8 Å². The van der Waals surface area contributed by atoms with Gasteiger partial charge in [-0.15, -0.1) is 0 Å². The molecule has 2 fully saturated rings. The molecule has 29 heteroatoms. The summed E-state index contributed by atoms with van der Waals surface area (Å²) >= 11 is 0. The van der Waals surface area contributed by atoms with Crippen molar-refractivity contribution in [2.45, 2.75) is 114 Å². The van der Waals surface area contributed by atoms with Gasteiger partial charge in [-0.2, -0.15) is 4.99 Å². The van der Waals surface area contributed by atoms with Crippen LogP contribution in [-0.2, 0) is 44.8 Å². The monoisotopic (exact) mass is 1150 g/mol. The number of unbranched alkanes of at least 4 members (excludes halogenated alkanes) is 8. The van der Waals surface area contributed by atoms with Gasteiger partial charge in [0.1, 0.15) is 12.1 Å². The van der Waals surface area contributed by atoms with Gasteiger partial charge in [0.15, 0.2) is 0 Å². The molecule has 0 saturated carbocycles. The van der Waals surface area contributed by atoms with Gasteiger partial charge in [0.25, 0.3) is 0 Å². The normalized spacial score (nSPS) is 17.4. The van der Waals surface area contributed by atoms with Crippen molar-refractivity contribution >= 4 is 71.3 Å². The van der Waals surface area contributed by atoms with Gasteiger partial charge in [-0.3, -0.25) is 58.7 Å². The average Bonchev–Trinajstić information content (AvgIpc) is 3.38. The molecule has 1 aromatic rings. The van der Waals surface area contributed by atoms with Crippen molar-refractivity contribution in [2.24, 2.45) is 10.7 Å². The summed E-state index contributed by atoms with van der Waals surface area (Å²) in [6.45, 7) is 3.99. The number of nitrogens with two attached hydrogens (primary N) is 1. The van der Waals surface area contributed by atoms with Crippen molar-refractivity contribution in [3.05, 3.63) is 29.8 Å². The van der Waals surface area contributed by atoms with Gasteiger partial charge in [0, 0.05) is 103 Å². The summed E-state index contributed by atoms with van der Waals surface area (Å²) in [6, 6.07) is 2.84. The minimum Gasteiger partial charge on any atom is -0.481 e. The molecule has 3 rings (SSSR count). The topological polar surface area (TPSA) is 425 Å².